The van der Waals surface area contributed by atoms with Gasteiger partial charge in [0, 0.05) is 4.88 Å². The lowest BCUT2D eigenvalue weighted by Gasteiger charge is -2.07. The van der Waals surface area contributed by atoms with Gasteiger partial charge in [0.2, 0.25) is 0 Å². The number of para-hydroxylation sites is 1. The fourth-order valence-electron chi connectivity index (χ4n) is 2.10. The summed E-state index contributed by atoms with van der Waals surface area (Å²) < 4.78 is 10.5. The molecule has 3 aromatic rings. The third kappa shape index (κ3) is 4.83. The van der Waals surface area contributed by atoms with E-state index in [1.165, 1.54) is 11.3 Å². The molecule has 0 radical (unpaired) electrons. The molecule has 0 fully saturated rings. The molecule has 0 saturated heterocycles. The van der Waals surface area contributed by atoms with Crippen LogP contribution in [0.5, 0.6) is 5.75 Å². The van der Waals surface area contributed by atoms with Gasteiger partial charge < -0.3 is 14.5 Å². The lowest BCUT2D eigenvalue weighted by Crippen LogP contribution is -2.14. The molecule has 0 saturated carbocycles. The number of nitrogens with one attached hydrogen (secondary N) is 1. The third-order valence-electron chi connectivity index (χ3n) is 3.19. The highest BCUT2D eigenvalue weighted by Gasteiger charge is 2.10. The number of aryl methyl sites for hydroxylation is 1. The van der Waals surface area contributed by atoms with Crippen molar-refractivity contribution >= 4 is 39.3 Å². The van der Waals surface area contributed by atoms with Crippen LogP contribution in [-0.2, 0) is 9.53 Å². The van der Waals surface area contributed by atoms with Gasteiger partial charge in [0.1, 0.15) is 23.8 Å². The lowest BCUT2D eigenvalue weighted by atomic mass is 10.3. The predicted molar refractivity (Wildman–Crippen MR) is 98.6 cm³/mol. The highest BCUT2D eigenvalue weighted by Crippen LogP contribution is 2.22. The summed E-state index contributed by atoms with van der Waals surface area (Å²) in [6.45, 7) is 2.38. The molecular weight excluding hydrogens is 360 g/mol. The Bertz CT molecular complexity index is 921. The Kier molecular flexibility index (Phi) is 5.72. The number of rotatable bonds is 7. The first-order valence-corrected chi connectivity index (χ1v) is 9.39. The van der Waals surface area contributed by atoms with Gasteiger partial charge in [-0.15, -0.1) is 11.3 Å². The van der Waals surface area contributed by atoms with Crippen molar-refractivity contribution in [3.05, 3.63) is 51.6 Å². The molecule has 1 N–H and O–H groups in total. The molecule has 1 aromatic carbocycles. The van der Waals surface area contributed by atoms with Crippen molar-refractivity contribution in [2.24, 2.45) is 0 Å². The maximum absolute atomic E-state index is 12.0. The molecule has 0 unspecified atom stereocenters. The Labute approximate surface area is 152 Å². The van der Waals surface area contributed by atoms with Crippen LogP contribution in [-0.4, -0.2) is 34.9 Å². The summed E-state index contributed by atoms with van der Waals surface area (Å²) in [7, 11) is 0. The number of carbonyl (C=O) groups is 1. The van der Waals surface area contributed by atoms with Crippen molar-refractivity contribution in [2.45, 2.75) is 12.1 Å². The number of nitrogens with zero attached hydrogens (tertiary/aromatic N) is 1. The molecule has 2 aromatic heterocycles. The topological polar surface area (TPSA) is 81.3 Å². The predicted octanol–water partition coefficient (Wildman–Crippen LogP) is 3.01. The van der Waals surface area contributed by atoms with Gasteiger partial charge in [-0.1, -0.05) is 30.0 Å². The van der Waals surface area contributed by atoms with Crippen molar-refractivity contribution in [2.75, 3.05) is 19.0 Å². The second kappa shape index (κ2) is 8.17. The quantitative estimate of drug-likeness (QED) is 0.295. The van der Waals surface area contributed by atoms with E-state index in [1.54, 1.807) is 6.07 Å². The number of ether oxygens (including phenoxy) is 2. The number of benzene rings is 1. The fourth-order valence-corrected chi connectivity index (χ4v) is 3.70. The first-order valence-electron chi connectivity index (χ1n) is 7.58. The summed E-state index contributed by atoms with van der Waals surface area (Å²) in [5.74, 6) is 0.422. The van der Waals surface area contributed by atoms with Gasteiger partial charge in [-0.2, -0.15) is 0 Å². The smallest absolute Gasteiger partial charge is 0.316 e. The number of aromatic amines is 1. The van der Waals surface area contributed by atoms with E-state index < -0.39 is 0 Å². The Morgan fingerprint density at radius 3 is 2.88 bits per heavy atom. The van der Waals surface area contributed by atoms with Crippen LogP contribution >= 0.6 is 23.1 Å². The number of thiophene rings is 1. The Morgan fingerprint density at radius 2 is 2.08 bits per heavy atom. The van der Waals surface area contributed by atoms with Crippen LogP contribution in [0.25, 0.3) is 10.2 Å². The molecule has 25 heavy (non-hydrogen) atoms. The number of esters is 1. The minimum absolute atomic E-state index is 0.0736. The summed E-state index contributed by atoms with van der Waals surface area (Å²) in [5.41, 5.74) is -0.193. The molecule has 6 nitrogen and oxygen atoms in total. The molecule has 0 bridgehead atoms. The Hall–Kier alpha value is -2.32. The highest BCUT2D eigenvalue weighted by molar-refractivity contribution is 7.99. The van der Waals surface area contributed by atoms with Crippen molar-refractivity contribution < 1.29 is 14.3 Å². The monoisotopic (exact) mass is 376 g/mol. The van der Waals surface area contributed by atoms with Crippen LogP contribution in [0.15, 0.2) is 46.3 Å². The van der Waals surface area contributed by atoms with Gasteiger partial charge in [-0.3, -0.25) is 9.59 Å². The van der Waals surface area contributed by atoms with E-state index in [-0.39, 0.29) is 30.5 Å². The van der Waals surface area contributed by atoms with Crippen molar-refractivity contribution in [1.82, 2.24) is 9.97 Å². The Morgan fingerprint density at radius 1 is 1.28 bits per heavy atom. The third-order valence-corrected chi connectivity index (χ3v) is 4.98. The van der Waals surface area contributed by atoms with Gasteiger partial charge >= 0.3 is 5.97 Å². The zero-order chi connectivity index (χ0) is 17.6. The average Bonchev–Trinajstić information content (AvgIpc) is 2.99. The molecule has 2 heterocycles. The van der Waals surface area contributed by atoms with E-state index in [4.69, 9.17) is 9.47 Å². The molecule has 0 atom stereocenters. The maximum atomic E-state index is 12.0. The van der Waals surface area contributed by atoms with E-state index in [0.717, 1.165) is 22.4 Å². The van der Waals surface area contributed by atoms with E-state index >= 15 is 0 Å². The van der Waals surface area contributed by atoms with Crippen LogP contribution < -0.4 is 10.3 Å². The molecular formula is C17H16N2O4S2. The molecule has 0 spiro atoms. The molecule has 3 rings (SSSR count). The number of carbonyl (C=O) groups excluding carboxylic acids is 1. The van der Waals surface area contributed by atoms with E-state index in [2.05, 4.69) is 9.97 Å². The first-order chi connectivity index (χ1) is 12.1. The summed E-state index contributed by atoms with van der Waals surface area (Å²) in [5, 5.41) is 0.990. The van der Waals surface area contributed by atoms with Gasteiger partial charge in [0.15, 0.2) is 5.16 Å². The average molecular weight is 376 g/mol. The standard InChI is InChI=1S/C17H16N2O4S2/c1-11-9-13-15(21)18-17(19-16(13)25-11)24-10-14(20)23-8-7-22-12-5-3-2-4-6-12/h2-6,9H,7-8,10H2,1H3,(H,18,19,21). The van der Waals surface area contributed by atoms with Gasteiger partial charge in [-0.25, -0.2) is 4.98 Å². The molecule has 130 valence electrons. The van der Waals surface area contributed by atoms with Gasteiger partial charge in [0.05, 0.1) is 11.1 Å². The molecule has 0 aliphatic heterocycles. The van der Waals surface area contributed by atoms with E-state index in [0.29, 0.717) is 15.4 Å². The minimum atomic E-state index is -0.383. The zero-order valence-electron chi connectivity index (χ0n) is 13.5. The van der Waals surface area contributed by atoms with Gasteiger partial charge in [-0.05, 0) is 25.1 Å². The van der Waals surface area contributed by atoms with Crippen LogP contribution in [0.3, 0.4) is 0 Å². The van der Waals surface area contributed by atoms with E-state index in [1.807, 2.05) is 37.3 Å². The molecule has 8 heteroatoms. The number of thioether (sulfide) groups is 1. The minimum Gasteiger partial charge on any atom is -0.490 e. The second-order valence-corrected chi connectivity index (χ2v) is 7.32. The largest absolute Gasteiger partial charge is 0.490 e. The summed E-state index contributed by atoms with van der Waals surface area (Å²) in [6.07, 6.45) is 0. The second-order valence-electron chi connectivity index (χ2n) is 5.12. The normalized spacial score (nSPS) is 10.8. The van der Waals surface area contributed by atoms with Crippen molar-refractivity contribution in [3.63, 3.8) is 0 Å². The van der Waals surface area contributed by atoms with Crippen molar-refractivity contribution in [3.8, 4) is 5.75 Å². The van der Waals surface area contributed by atoms with E-state index in [9.17, 15) is 9.59 Å². The number of aromatic nitrogens is 2. The lowest BCUT2D eigenvalue weighted by molar-refractivity contribution is -0.141. The van der Waals surface area contributed by atoms with Crippen LogP contribution in [0.1, 0.15) is 4.88 Å². The number of H-pyrrole nitrogens is 1. The summed E-state index contributed by atoms with van der Waals surface area (Å²) >= 11 is 2.60. The number of hydrogen-bond acceptors (Lipinski definition) is 7. The van der Waals surface area contributed by atoms with Crippen molar-refractivity contribution in [1.29, 1.82) is 0 Å². The van der Waals surface area contributed by atoms with Crippen LogP contribution in [0, 0.1) is 6.92 Å². The Balaban J connectivity index is 1.45. The first kappa shape index (κ1) is 17.5. The maximum Gasteiger partial charge on any atom is 0.316 e. The number of fused-ring (bicyclic) bond motifs is 1. The molecule has 0 aliphatic carbocycles. The van der Waals surface area contributed by atoms with Crippen LogP contribution in [0.2, 0.25) is 0 Å². The summed E-state index contributed by atoms with van der Waals surface area (Å²) in [4.78, 5) is 32.5. The SMILES string of the molecule is Cc1cc2c(=O)[nH]c(SCC(=O)OCCOc3ccccc3)nc2s1. The molecule has 0 amide bonds. The number of hydrogen-bond donors (Lipinski definition) is 1. The molecule has 0 aliphatic rings. The summed E-state index contributed by atoms with van der Waals surface area (Å²) in [6, 6.07) is 11.1. The van der Waals surface area contributed by atoms with Gasteiger partial charge in [0.25, 0.3) is 5.56 Å². The fraction of sp³-hybridized carbons (Fsp3) is 0.235. The zero-order valence-corrected chi connectivity index (χ0v) is 15.1. The van der Waals surface area contributed by atoms with Crippen LogP contribution in [0.4, 0.5) is 0 Å². The highest BCUT2D eigenvalue weighted by atomic mass is 32.2.